The molecule has 1 heterocycles. The van der Waals surface area contributed by atoms with Crippen molar-refractivity contribution in [1.82, 2.24) is 4.98 Å². The molecule has 0 fully saturated rings. The van der Waals surface area contributed by atoms with E-state index in [9.17, 15) is 13.2 Å². The number of H-pyrrole nitrogens is 1. The lowest BCUT2D eigenvalue weighted by molar-refractivity contribution is -0.137. The van der Waals surface area contributed by atoms with Gasteiger partial charge in [-0.2, -0.15) is 18.4 Å². The number of halogens is 3. The number of aromatic amines is 1. The van der Waals surface area contributed by atoms with Crippen molar-refractivity contribution in [3.63, 3.8) is 0 Å². The van der Waals surface area contributed by atoms with Gasteiger partial charge < -0.3 is 9.72 Å². The first-order valence-electron chi connectivity index (χ1n) is 6.76. The molecular weight excluding hydrogens is 305 g/mol. The normalized spacial score (nSPS) is 11.4. The molecule has 116 valence electrons. The lowest BCUT2D eigenvalue weighted by Gasteiger charge is -2.11. The number of hydrogen-bond donors (Lipinski definition) is 1. The summed E-state index contributed by atoms with van der Waals surface area (Å²) < 4.78 is 43.9. The van der Waals surface area contributed by atoms with Crippen LogP contribution in [0.2, 0.25) is 0 Å². The second-order valence-corrected chi connectivity index (χ2v) is 5.09. The molecule has 0 aliphatic rings. The fraction of sp³-hybridized carbons (Fsp3) is 0.118. The Balaban J connectivity index is 2.05. The van der Waals surface area contributed by atoms with E-state index in [0.717, 1.165) is 17.8 Å². The first-order chi connectivity index (χ1) is 10.9. The zero-order valence-electron chi connectivity index (χ0n) is 12.0. The van der Waals surface area contributed by atoms with Crippen molar-refractivity contribution < 1.29 is 17.9 Å². The lowest BCUT2D eigenvalue weighted by atomic mass is 10.1. The topological polar surface area (TPSA) is 48.8 Å². The van der Waals surface area contributed by atoms with Crippen LogP contribution in [0.3, 0.4) is 0 Å². The molecule has 2 aromatic carbocycles. The molecule has 0 spiro atoms. The smallest absolute Gasteiger partial charge is 0.416 e. The van der Waals surface area contributed by atoms with Crippen LogP contribution in [0.15, 0.2) is 42.5 Å². The fourth-order valence-corrected chi connectivity index (χ4v) is 2.37. The Labute approximate surface area is 129 Å². The zero-order chi connectivity index (χ0) is 16.6. The van der Waals surface area contributed by atoms with E-state index < -0.39 is 11.7 Å². The Bertz CT molecular complexity index is 920. The van der Waals surface area contributed by atoms with Crippen LogP contribution in [0.1, 0.15) is 16.8 Å². The number of hydrogen-bond acceptors (Lipinski definition) is 2. The summed E-state index contributed by atoms with van der Waals surface area (Å²) in [5, 5.41) is 9.77. The molecule has 1 N–H and O–H groups in total. The highest BCUT2D eigenvalue weighted by Crippen LogP contribution is 2.35. The van der Waals surface area contributed by atoms with Crippen molar-refractivity contribution in [1.29, 1.82) is 5.26 Å². The van der Waals surface area contributed by atoms with Gasteiger partial charge in [-0.1, -0.05) is 6.07 Å². The van der Waals surface area contributed by atoms with Gasteiger partial charge in [-0.25, -0.2) is 0 Å². The number of aromatic nitrogens is 1. The lowest BCUT2D eigenvalue weighted by Crippen LogP contribution is -2.04. The molecule has 0 aliphatic carbocycles. The Hall–Kier alpha value is -2.94. The largest absolute Gasteiger partial charge is 0.457 e. The average Bonchev–Trinajstić information content (AvgIpc) is 2.89. The highest BCUT2D eigenvalue weighted by Gasteiger charge is 2.30. The zero-order valence-corrected chi connectivity index (χ0v) is 12.0. The van der Waals surface area contributed by atoms with E-state index in [1.807, 2.05) is 6.92 Å². The SMILES string of the molecule is Cc1cc2c(Oc3cccc(C(F)(F)F)c3)ccc(C#N)c2[nH]1. The predicted octanol–water partition coefficient (Wildman–Crippen LogP) is 5.16. The number of rotatable bonds is 2. The van der Waals surface area contributed by atoms with Gasteiger partial charge in [0.15, 0.2) is 0 Å². The van der Waals surface area contributed by atoms with E-state index in [1.54, 1.807) is 18.2 Å². The summed E-state index contributed by atoms with van der Waals surface area (Å²) in [6.07, 6.45) is -4.43. The summed E-state index contributed by atoms with van der Waals surface area (Å²) in [5.74, 6) is 0.479. The van der Waals surface area contributed by atoms with E-state index in [4.69, 9.17) is 10.00 Å². The molecule has 0 radical (unpaired) electrons. The van der Waals surface area contributed by atoms with Crippen LogP contribution >= 0.6 is 0 Å². The van der Waals surface area contributed by atoms with Crippen LogP contribution in [0, 0.1) is 18.3 Å². The van der Waals surface area contributed by atoms with Crippen LogP contribution in [0.5, 0.6) is 11.5 Å². The molecule has 0 aliphatic heterocycles. The second-order valence-electron chi connectivity index (χ2n) is 5.09. The summed E-state index contributed by atoms with van der Waals surface area (Å²) in [4.78, 5) is 3.06. The van der Waals surface area contributed by atoms with Gasteiger partial charge in [-0.3, -0.25) is 0 Å². The minimum Gasteiger partial charge on any atom is -0.457 e. The predicted molar refractivity (Wildman–Crippen MR) is 79.3 cm³/mol. The molecule has 3 aromatic rings. The summed E-state index contributed by atoms with van der Waals surface area (Å²) in [6, 6.07) is 11.7. The maximum atomic E-state index is 12.8. The number of nitrogens with one attached hydrogen (secondary N) is 1. The van der Waals surface area contributed by atoms with Crippen LogP contribution in [0.4, 0.5) is 13.2 Å². The standard InChI is InChI=1S/C17H11F3N2O/c1-10-7-14-15(6-5-11(9-21)16(14)22-10)23-13-4-2-3-12(8-13)17(18,19)20/h2-8,22H,1H3. The van der Waals surface area contributed by atoms with Crippen LogP contribution in [-0.2, 0) is 6.18 Å². The molecule has 0 saturated carbocycles. The summed E-state index contributed by atoms with van der Waals surface area (Å²) in [6.45, 7) is 1.83. The molecule has 3 rings (SSSR count). The highest BCUT2D eigenvalue weighted by molar-refractivity contribution is 5.91. The molecule has 23 heavy (non-hydrogen) atoms. The van der Waals surface area contributed by atoms with Gasteiger partial charge in [-0.05, 0) is 43.3 Å². The Morgan fingerprint density at radius 1 is 1.13 bits per heavy atom. The van der Waals surface area contributed by atoms with E-state index in [2.05, 4.69) is 11.1 Å². The van der Waals surface area contributed by atoms with Crippen LogP contribution < -0.4 is 4.74 Å². The molecule has 0 saturated heterocycles. The van der Waals surface area contributed by atoms with Gasteiger partial charge in [0.05, 0.1) is 16.6 Å². The van der Waals surface area contributed by atoms with E-state index in [-0.39, 0.29) is 5.75 Å². The van der Waals surface area contributed by atoms with Gasteiger partial charge in [0.1, 0.15) is 17.6 Å². The Kier molecular flexibility index (Phi) is 3.49. The molecule has 6 heteroatoms. The van der Waals surface area contributed by atoms with Crippen molar-refractivity contribution in [3.05, 3.63) is 59.3 Å². The minimum atomic E-state index is -4.43. The first-order valence-corrected chi connectivity index (χ1v) is 6.76. The van der Waals surface area contributed by atoms with E-state index in [1.165, 1.54) is 12.1 Å². The monoisotopic (exact) mass is 316 g/mol. The highest BCUT2D eigenvalue weighted by atomic mass is 19.4. The average molecular weight is 316 g/mol. The van der Waals surface area contributed by atoms with Gasteiger partial charge in [0.25, 0.3) is 0 Å². The minimum absolute atomic E-state index is 0.0877. The summed E-state index contributed by atoms with van der Waals surface area (Å²) in [7, 11) is 0. The molecule has 0 atom stereocenters. The quantitative estimate of drug-likeness (QED) is 0.710. The number of aryl methyl sites for hydroxylation is 1. The summed E-state index contributed by atoms with van der Waals surface area (Å²) in [5.41, 5.74) is 1.11. The van der Waals surface area contributed by atoms with Gasteiger partial charge in [0.2, 0.25) is 0 Å². The van der Waals surface area contributed by atoms with Gasteiger partial charge >= 0.3 is 6.18 Å². The molecule has 3 nitrogen and oxygen atoms in total. The number of nitriles is 1. The second kappa shape index (κ2) is 5.36. The van der Waals surface area contributed by atoms with Crippen LogP contribution in [-0.4, -0.2) is 4.98 Å². The van der Waals surface area contributed by atoms with E-state index >= 15 is 0 Å². The first kappa shape index (κ1) is 15.0. The van der Waals surface area contributed by atoms with E-state index in [0.29, 0.717) is 22.2 Å². The number of benzene rings is 2. The van der Waals surface area contributed by atoms with Crippen molar-refractivity contribution >= 4 is 10.9 Å². The molecule has 0 unspecified atom stereocenters. The summed E-state index contributed by atoms with van der Waals surface area (Å²) >= 11 is 0. The third-order valence-electron chi connectivity index (χ3n) is 3.40. The molecule has 0 amide bonds. The fourth-order valence-electron chi connectivity index (χ4n) is 2.37. The third-order valence-corrected chi connectivity index (χ3v) is 3.40. The number of fused-ring (bicyclic) bond motifs is 1. The van der Waals surface area contributed by atoms with Crippen molar-refractivity contribution in [2.45, 2.75) is 13.1 Å². The molecule has 0 bridgehead atoms. The van der Waals surface area contributed by atoms with Gasteiger partial charge in [0, 0.05) is 11.1 Å². The number of alkyl halides is 3. The van der Waals surface area contributed by atoms with Crippen molar-refractivity contribution in [3.8, 4) is 17.6 Å². The van der Waals surface area contributed by atoms with Crippen molar-refractivity contribution in [2.75, 3.05) is 0 Å². The Morgan fingerprint density at radius 3 is 2.61 bits per heavy atom. The Morgan fingerprint density at radius 2 is 1.91 bits per heavy atom. The number of nitrogens with zero attached hydrogens (tertiary/aromatic N) is 1. The number of ether oxygens (including phenoxy) is 1. The molecular formula is C17H11F3N2O. The van der Waals surface area contributed by atoms with Crippen molar-refractivity contribution in [2.24, 2.45) is 0 Å². The maximum Gasteiger partial charge on any atom is 0.416 e. The maximum absolute atomic E-state index is 12.8. The van der Waals surface area contributed by atoms with Gasteiger partial charge in [-0.15, -0.1) is 0 Å². The van der Waals surface area contributed by atoms with Crippen LogP contribution in [0.25, 0.3) is 10.9 Å². The molecule has 1 aromatic heterocycles. The third kappa shape index (κ3) is 2.86.